The van der Waals surface area contributed by atoms with Crippen molar-refractivity contribution in [3.63, 3.8) is 0 Å². The maximum absolute atomic E-state index is 5.37. The highest BCUT2D eigenvalue weighted by Crippen LogP contribution is 2.58. The molecule has 2 aliphatic carbocycles. The fraction of sp³-hybridized carbons (Fsp3) is 0.0833. The number of fused-ring (bicyclic) bond motifs is 10. The zero-order valence-electron chi connectivity index (χ0n) is 36.2. The summed E-state index contributed by atoms with van der Waals surface area (Å²) in [5.41, 5.74) is 16.5. The Morgan fingerprint density at radius 1 is 0.446 bits per heavy atom. The Morgan fingerprint density at radius 2 is 0.954 bits per heavy atom. The molecule has 1 unspecified atom stereocenters. The van der Waals surface area contributed by atoms with Crippen molar-refractivity contribution in [1.29, 1.82) is 0 Å². The number of hydrogen-bond acceptors (Lipinski definition) is 3. The normalized spacial score (nSPS) is 15.5. The summed E-state index contributed by atoms with van der Waals surface area (Å²) in [7, 11) is 0. The van der Waals surface area contributed by atoms with Gasteiger partial charge >= 0.3 is 0 Å². The topological polar surface area (TPSA) is 48.5 Å². The second-order valence-electron chi connectivity index (χ2n) is 18.0. The van der Waals surface area contributed by atoms with Crippen molar-refractivity contribution in [3.8, 4) is 39.9 Å². The summed E-state index contributed by atoms with van der Waals surface area (Å²) in [6.07, 6.45) is 3.44. The molecule has 0 amide bonds. The Labute approximate surface area is 377 Å². The second-order valence-corrected chi connectivity index (χ2v) is 18.0. The first kappa shape index (κ1) is 37.4. The predicted octanol–water partition coefficient (Wildman–Crippen LogP) is 14.9. The number of hydrogen-bond donors (Lipinski definition) is 0. The summed E-state index contributed by atoms with van der Waals surface area (Å²) in [6.45, 7) is 4.86. The van der Waals surface area contributed by atoms with Gasteiger partial charge in [0.05, 0.1) is 22.1 Å². The number of nitrogens with zero attached hydrogens (tertiary/aromatic N) is 5. The van der Waals surface area contributed by atoms with Gasteiger partial charge in [-0.2, -0.15) is 9.97 Å². The van der Waals surface area contributed by atoms with Crippen LogP contribution in [0.1, 0.15) is 42.9 Å². The largest absolute Gasteiger partial charge is 0.307 e. The number of rotatable bonds is 6. The molecule has 0 radical (unpaired) electrons. The van der Waals surface area contributed by atoms with Crippen molar-refractivity contribution < 1.29 is 0 Å². The highest BCUT2D eigenvalue weighted by Gasteiger charge is 2.45. The number of aromatic nitrogens is 5. The molecule has 11 aromatic rings. The van der Waals surface area contributed by atoms with E-state index in [9.17, 15) is 0 Å². The van der Waals surface area contributed by atoms with Gasteiger partial charge in [0.1, 0.15) is 0 Å². The molecule has 0 spiro atoms. The molecule has 3 heterocycles. The third-order valence-electron chi connectivity index (χ3n) is 14.0. The molecule has 5 nitrogen and oxygen atoms in total. The van der Waals surface area contributed by atoms with Gasteiger partial charge in [0.15, 0.2) is 11.6 Å². The van der Waals surface area contributed by atoms with Crippen LogP contribution in [0, 0.1) is 0 Å². The van der Waals surface area contributed by atoms with Crippen molar-refractivity contribution >= 4 is 54.9 Å². The number of allylic oxidation sites excluding steroid dienone is 4. The average molecular weight is 834 g/mol. The molecule has 5 heteroatoms. The highest BCUT2D eigenvalue weighted by molar-refractivity contribution is 6.24. The van der Waals surface area contributed by atoms with Gasteiger partial charge in [-0.05, 0) is 69.7 Å². The van der Waals surface area contributed by atoms with E-state index in [-0.39, 0.29) is 11.3 Å². The van der Waals surface area contributed by atoms with Gasteiger partial charge in [-0.3, -0.25) is 4.57 Å². The fourth-order valence-electron chi connectivity index (χ4n) is 11.1. The Morgan fingerprint density at radius 3 is 1.60 bits per heavy atom. The Hall–Kier alpha value is -8.15. The lowest BCUT2D eigenvalue weighted by atomic mass is 9.75. The van der Waals surface area contributed by atoms with Gasteiger partial charge in [-0.25, -0.2) is 4.98 Å². The van der Waals surface area contributed by atoms with E-state index in [0.29, 0.717) is 17.6 Å². The van der Waals surface area contributed by atoms with Crippen LogP contribution in [0.15, 0.2) is 212 Å². The Bertz CT molecular complexity index is 3700. The van der Waals surface area contributed by atoms with E-state index in [4.69, 9.17) is 15.0 Å². The molecule has 13 rings (SSSR count). The van der Waals surface area contributed by atoms with E-state index in [1.54, 1.807) is 0 Å². The molecule has 0 saturated heterocycles. The lowest BCUT2D eigenvalue weighted by molar-refractivity contribution is 0.614. The molecular formula is C60H43N5. The highest BCUT2D eigenvalue weighted by atomic mass is 15.2. The summed E-state index contributed by atoms with van der Waals surface area (Å²) in [5, 5.41) is 4.68. The van der Waals surface area contributed by atoms with Gasteiger partial charge in [0.2, 0.25) is 5.95 Å². The van der Waals surface area contributed by atoms with Crippen LogP contribution in [-0.2, 0) is 5.41 Å². The monoisotopic (exact) mass is 833 g/mol. The molecule has 8 aromatic carbocycles. The quantitative estimate of drug-likeness (QED) is 0.168. The lowest BCUT2D eigenvalue weighted by Gasteiger charge is -2.32. The van der Waals surface area contributed by atoms with E-state index in [0.717, 1.165) is 44.9 Å². The predicted molar refractivity (Wildman–Crippen MR) is 268 cm³/mol. The van der Waals surface area contributed by atoms with Crippen LogP contribution in [-0.4, -0.2) is 24.1 Å². The molecule has 3 aromatic heterocycles. The van der Waals surface area contributed by atoms with Crippen molar-refractivity contribution in [2.24, 2.45) is 0 Å². The zero-order chi connectivity index (χ0) is 43.2. The molecule has 0 aliphatic heterocycles. The van der Waals surface area contributed by atoms with E-state index >= 15 is 0 Å². The van der Waals surface area contributed by atoms with Gasteiger partial charge in [0.25, 0.3) is 0 Å². The number of benzene rings is 8. The lowest BCUT2D eigenvalue weighted by Crippen LogP contribution is -2.21. The summed E-state index contributed by atoms with van der Waals surface area (Å²) in [6, 6.07) is 71.8. The SMILES string of the molecule is CC1(C)C2=C(n3c4ccccc4c4ccc5c6ccccc6n(-c6nc(-c7ccccc7)nc(-c7ccccc7)n6)c5c43)C=C(c3cccc(-c4ccccc4)c3)CC2c2ccccc21. The first-order valence-electron chi connectivity index (χ1n) is 22.5. The van der Waals surface area contributed by atoms with E-state index < -0.39 is 0 Å². The van der Waals surface area contributed by atoms with Crippen LogP contribution >= 0.6 is 0 Å². The third-order valence-corrected chi connectivity index (χ3v) is 14.0. The van der Waals surface area contributed by atoms with Crippen molar-refractivity contribution in [2.45, 2.75) is 31.6 Å². The van der Waals surface area contributed by atoms with Gasteiger partial charge in [-0.15, -0.1) is 0 Å². The van der Waals surface area contributed by atoms with Crippen LogP contribution in [0.2, 0.25) is 0 Å². The van der Waals surface area contributed by atoms with Crippen LogP contribution < -0.4 is 0 Å². The summed E-state index contributed by atoms with van der Waals surface area (Å²) in [4.78, 5) is 15.9. The molecule has 65 heavy (non-hydrogen) atoms. The van der Waals surface area contributed by atoms with E-state index in [1.807, 2.05) is 36.4 Å². The van der Waals surface area contributed by atoms with Crippen LogP contribution in [0.5, 0.6) is 0 Å². The average Bonchev–Trinajstić information content (AvgIpc) is 3.97. The molecule has 1 atom stereocenters. The van der Waals surface area contributed by atoms with Crippen LogP contribution in [0.4, 0.5) is 0 Å². The smallest absolute Gasteiger partial charge is 0.238 e. The third kappa shape index (κ3) is 5.75. The standard InChI is InChI=1S/C60H43N5/c1-60(2)50-30-15-12-27-44(50)49-36-43(42-26-18-25-41(35-42)38-19-6-3-7-20-38)37-53(54(49)60)64-51-31-16-13-28-45(51)47-33-34-48-46-29-14-17-32-52(46)65(56(48)55(47)64)59-62-57(39-21-8-4-9-22-39)61-58(63-59)40-23-10-5-11-24-40/h3-35,37,49H,36H2,1-2H3. The zero-order valence-corrected chi connectivity index (χ0v) is 36.2. The minimum absolute atomic E-state index is 0.197. The first-order valence-corrected chi connectivity index (χ1v) is 22.5. The second kappa shape index (κ2) is 14.4. The van der Waals surface area contributed by atoms with E-state index in [1.165, 1.54) is 60.9 Å². The summed E-state index contributed by atoms with van der Waals surface area (Å²) in [5.74, 6) is 2.03. The molecule has 0 saturated carbocycles. The summed E-state index contributed by atoms with van der Waals surface area (Å²) < 4.78 is 4.90. The van der Waals surface area contributed by atoms with Crippen molar-refractivity contribution in [1.82, 2.24) is 24.1 Å². The Balaban J connectivity index is 1.16. The maximum atomic E-state index is 5.37. The molecule has 0 bridgehead atoms. The molecule has 2 aliphatic rings. The minimum atomic E-state index is -0.230. The van der Waals surface area contributed by atoms with Crippen LogP contribution in [0.25, 0.3) is 94.7 Å². The van der Waals surface area contributed by atoms with Gasteiger partial charge < -0.3 is 4.57 Å². The van der Waals surface area contributed by atoms with Crippen molar-refractivity contribution in [3.05, 3.63) is 229 Å². The van der Waals surface area contributed by atoms with Gasteiger partial charge in [-0.1, -0.05) is 196 Å². The molecule has 308 valence electrons. The number of para-hydroxylation sites is 2. The molecule has 0 N–H and O–H groups in total. The van der Waals surface area contributed by atoms with Crippen molar-refractivity contribution in [2.75, 3.05) is 0 Å². The first-order chi connectivity index (χ1) is 32.0. The van der Waals surface area contributed by atoms with Crippen LogP contribution in [0.3, 0.4) is 0 Å². The summed E-state index contributed by atoms with van der Waals surface area (Å²) >= 11 is 0. The molecular weight excluding hydrogens is 791 g/mol. The fourth-order valence-corrected chi connectivity index (χ4v) is 11.1. The van der Waals surface area contributed by atoms with Gasteiger partial charge in [0, 0.05) is 49.7 Å². The Kier molecular flexibility index (Phi) is 8.31. The minimum Gasteiger partial charge on any atom is -0.307 e. The van der Waals surface area contributed by atoms with E-state index in [2.05, 4.69) is 193 Å². The maximum Gasteiger partial charge on any atom is 0.238 e. The molecule has 0 fully saturated rings.